The summed E-state index contributed by atoms with van der Waals surface area (Å²) >= 11 is 1.59. The van der Waals surface area contributed by atoms with Crippen LogP contribution in [0.4, 0.5) is 5.13 Å². The van der Waals surface area contributed by atoms with Gasteiger partial charge in [0.1, 0.15) is 11.5 Å². The fraction of sp³-hybridized carbons (Fsp3) is 0.238. The lowest BCUT2D eigenvalue weighted by Crippen LogP contribution is -2.01. The number of hydrogen-bond donors (Lipinski definition) is 1. The van der Waals surface area contributed by atoms with Crippen molar-refractivity contribution in [3.8, 4) is 22.8 Å². The van der Waals surface area contributed by atoms with Crippen LogP contribution in [0, 0.1) is 20.8 Å². The molecule has 0 unspecified atom stereocenters. The first kappa shape index (κ1) is 18.3. The maximum Gasteiger partial charge on any atom is 0.183 e. The van der Waals surface area contributed by atoms with E-state index in [0.29, 0.717) is 6.54 Å². The quantitative estimate of drug-likeness (QED) is 0.491. The predicted molar refractivity (Wildman–Crippen MR) is 111 cm³/mol. The van der Waals surface area contributed by atoms with Crippen LogP contribution < -0.4 is 10.1 Å². The van der Waals surface area contributed by atoms with E-state index in [9.17, 15) is 0 Å². The van der Waals surface area contributed by atoms with Gasteiger partial charge in [0.05, 0.1) is 12.8 Å². The average Bonchev–Trinajstić information content (AvgIpc) is 3.39. The van der Waals surface area contributed by atoms with Crippen molar-refractivity contribution < 1.29 is 9.26 Å². The number of benzene rings is 1. The van der Waals surface area contributed by atoms with Crippen molar-refractivity contribution >= 4 is 16.5 Å². The van der Waals surface area contributed by atoms with Gasteiger partial charge in [0.25, 0.3) is 0 Å². The molecular formula is C21H22N4O2S. The normalized spacial score (nSPS) is 11.0. The molecule has 1 N–H and O–H groups in total. The van der Waals surface area contributed by atoms with E-state index in [1.165, 1.54) is 0 Å². The van der Waals surface area contributed by atoms with Crippen LogP contribution in [0.5, 0.6) is 5.75 Å². The van der Waals surface area contributed by atoms with Gasteiger partial charge in [0.2, 0.25) is 0 Å². The second-order valence-corrected chi connectivity index (χ2v) is 7.48. The molecule has 144 valence electrons. The SMILES string of the molecule is COc1ccccc1CNc1nc(-c2cc(C)n(-c3cc(C)on3)c2C)cs1. The second kappa shape index (κ2) is 7.52. The first-order valence-corrected chi connectivity index (χ1v) is 9.89. The summed E-state index contributed by atoms with van der Waals surface area (Å²) in [6, 6.07) is 12.1. The van der Waals surface area contributed by atoms with Crippen LogP contribution in [0.25, 0.3) is 17.1 Å². The van der Waals surface area contributed by atoms with E-state index in [-0.39, 0.29) is 0 Å². The van der Waals surface area contributed by atoms with Gasteiger partial charge in [-0.15, -0.1) is 11.3 Å². The molecule has 1 aromatic carbocycles. The molecule has 0 saturated heterocycles. The van der Waals surface area contributed by atoms with Gasteiger partial charge in [0.15, 0.2) is 10.9 Å². The van der Waals surface area contributed by atoms with E-state index in [0.717, 1.165) is 50.7 Å². The van der Waals surface area contributed by atoms with Gasteiger partial charge in [-0.05, 0) is 32.9 Å². The number of ether oxygens (including phenoxy) is 1. The molecule has 3 heterocycles. The summed E-state index contributed by atoms with van der Waals surface area (Å²) in [4.78, 5) is 4.77. The van der Waals surface area contributed by atoms with E-state index in [1.54, 1.807) is 18.4 Å². The summed E-state index contributed by atoms with van der Waals surface area (Å²) in [5.74, 6) is 2.46. The van der Waals surface area contributed by atoms with E-state index < -0.39 is 0 Å². The fourth-order valence-corrected chi connectivity index (χ4v) is 4.04. The van der Waals surface area contributed by atoms with Crippen molar-refractivity contribution in [1.29, 1.82) is 0 Å². The van der Waals surface area contributed by atoms with Gasteiger partial charge in [-0.1, -0.05) is 23.4 Å². The van der Waals surface area contributed by atoms with Crippen LogP contribution in [-0.2, 0) is 6.54 Å². The molecule has 0 aliphatic rings. The molecule has 0 aliphatic heterocycles. The van der Waals surface area contributed by atoms with Crippen molar-refractivity contribution in [3.05, 3.63) is 64.5 Å². The molecule has 0 aliphatic carbocycles. The van der Waals surface area contributed by atoms with E-state index >= 15 is 0 Å². The highest BCUT2D eigenvalue weighted by molar-refractivity contribution is 7.14. The highest BCUT2D eigenvalue weighted by Crippen LogP contribution is 2.32. The molecule has 3 aromatic heterocycles. The average molecular weight is 395 g/mol. The molecule has 0 amide bonds. The van der Waals surface area contributed by atoms with Crippen LogP contribution >= 0.6 is 11.3 Å². The van der Waals surface area contributed by atoms with Crippen molar-refractivity contribution in [3.63, 3.8) is 0 Å². The van der Waals surface area contributed by atoms with Gasteiger partial charge in [-0.2, -0.15) is 0 Å². The highest BCUT2D eigenvalue weighted by atomic mass is 32.1. The monoisotopic (exact) mass is 394 g/mol. The van der Waals surface area contributed by atoms with Crippen LogP contribution in [0.2, 0.25) is 0 Å². The Morgan fingerprint density at radius 1 is 1.18 bits per heavy atom. The zero-order valence-electron chi connectivity index (χ0n) is 16.3. The first-order valence-electron chi connectivity index (χ1n) is 9.01. The van der Waals surface area contributed by atoms with Crippen LogP contribution in [-0.4, -0.2) is 21.8 Å². The minimum atomic E-state index is 0.661. The Kier molecular flexibility index (Phi) is 4.92. The molecule has 0 saturated carbocycles. The molecule has 28 heavy (non-hydrogen) atoms. The minimum absolute atomic E-state index is 0.661. The van der Waals surface area contributed by atoms with Crippen molar-refractivity contribution in [1.82, 2.24) is 14.7 Å². The largest absolute Gasteiger partial charge is 0.496 e. The number of hydrogen-bond acceptors (Lipinski definition) is 6. The zero-order valence-corrected chi connectivity index (χ0v) is 17.1. The first-order chi connectivity index (χ1) is 13.6. The molecule has 0 bridgehead atoms. The Bertz CT molecular complexity index is 1110. The van der Waals surface area contributed by atoms with E-state index in [2.05, 4.69) is 40.3 Å². The Morgan fingerprint density at radius 2 is 2.00 bits per heavy atom. The highest BCUT2D eigenvalue weighted by Gasteiger charge is 2.17. The molecule has 4 rings (SSSR count). The number of aromatic nitrogens is 3. The summed E-state index contributed by atoms with van der Waals surface area (Å²) in [5.41, 5.74) is 5.33. The third-order valence-electron chi connectivity index (χ3n) is 4.68. The van der Waals surface area contributed by atoms with E-state index in [1.807, 2.05) is 37.3 Å². The number of thiazole rings is 1. The summed E-state index contributed by atoms with van der Waals surface area (Å²) in [6.45, 7) is 6.70. The van der Waals surface area contributed by atoms with Crippen molar-refractivity contribution in [2.24, 2.45) is 0 Å². The number of nitrogens with zero attached hydrogens (tertiary/aromatic N) is 3. The maximum atomic E-state index is 5.41. The van der Waals surface area contributed by atoms with Crippen LogP contribution in [0.1, 0.15) is 22.7 Å². The summed E-state index contributed by atoms with van der Waals surface area (Å²) in [5, 5.41) is 10.5. The summed E-state index contributed by atoms with van der Waals surface area (Å²) < 4.78 is 12.7. The topological polar surface area (TPSA) is 65.1 Å². The second-order valence-electron chi connectivity index (χ2n) is 6.62. The maximum absolute atomic E-state index is 5.41. The Hall–Kier alpha value is -3.06. The lowest BCUT2D eigenvalue weighted by molar-refractivity contribution is 0.394. The number of aryl methyl sites for hydroxylation is 2. The van der Waals surface area contributed by atoms with Crippen LogP contribution in [0.3, 0.4) is 0 Å². The summed E-state index contributed by atoms with van der Waals surface area (Å²) in [7, 11) is 1.69. The molecule has 0 spiro atoms. The molecule has 4 aromatic rings. The van der Waals surface area contributed by atoms with Gasteiger partial charge in [-0.25, -0.2) is 4.98 Å². The predicted octanol–water partition coefficient (Wildman–Crippen LogP) is 5.13. The van der Waals surface area contributed by atoms with Gasteiger partial charge in [-0.3, -0.25) is 4.57 Å². The van der Waals surface area contributed by atoms with Crippen molar-refractivity contribution in [2.75, 3.05) is 12.4 Å². The molecule has 0 radical (unpaired) electrons. The molecule has 7 heteroatoms. The van der Waals surface area contributed by atoms with Gasteiger partial charge in [0, 0.05) is 40.5 Å². The van der Waals surface area contributed by atoms with Crippen LogP contribution in [0.15, 0.2) is 46.3 Å². The molecule has 0 atom stereocenters. The van der Waals surface area contributed by atoms with Crippen molar-refractivity contribution in [2.45, 2.75) is 27.3 Å². The number of nitrogens with one attached hydrogen (secondary N) is 1. The lowest BCUT2D eigenvalue weighted by atomic mass is 10.2. The lowest BCUT2D eigenvalue weighted by Gasteiger charge is -2.08. The molecule has 0 fully saturated rings. The zero-order chi connectivity index (χ0) is 19.7. The Labute approximate surface area is 167 Å². The number of para-hydroxylation sites is 1. The fourth-order valence-electron chi connectivity index (χ4n) is 3.33. The third kappa shape index (κ3) is 3.41. The number of anilines is 1. The Morgan fingerprint density at radius 3 is 2.75 bits per heavy atom. The smallest absolute Gasteiger partial charge is 0.183 e. The molecule has 6 nitrogen and oxygen atoms in total. The standard InChI is InChI=1S/C21H22N4O2S/c1-13-9-17(15(3)25(13)20-10-14(2)27-24-20)18-12-28-21(23-18)22-11-16-7-5-6-8-19(16)26-4/h5-10,12H,11H2,1-4H3,(H,22,23). The number of rotatable bonds is 6. The third-order valence-corrected chi connectivity index (χ3v) is 5.48. The van der Waals surface area contributed by atoms with E-state index in [4.69, 9.17) is 14.2 Å². The Balaban J connectivity index is 1.56. The molecular weight excluding hydrogens is 372 g/mol. The minimum Gasteiger partial charge on any atom is -0.496 e. The van der Waals surface area contributed by atoms with Gasteiger partial charge >= 0.3 is 0 Å². The number of methoxy groups -OCH3 is 1. The summed E-state index contributed by atoms with van der Waals surface area (Å²) in [6.07, 6.45) is 0. The van der Waals surface area contributed by atoms with Gasteiger partial charge < -0.3 is 14.6 Å².